The fraction of sp³-hybridized carbons (Fsp3) is 0.900. The van der Waals surface area contributed by atoms with Crippen molar-refractivity contribution in [1.29, 1.82) is 0 Å². The van der Waals surface area contributed by atoms with Crippen LogP contribution in [0, 0.1) is 0 Å². The molecule has 0 amide bonds. The van der Waals surface area contributed by atoms with Gasteiger partial charge >= 0.3 is 5.97 Å². The molecule has 1 aliphatic rings. The Labute approximate surface area is 84.8 Å². The maximum atomic E-state index is 10.5. The first kappa shape index (κ1) is 11.5. The van der Waals surface area contributed by atoms with Gasteiger partial charge in [-0.15, -0.1) is 0 Å². The summed E-state index contributed by atoms with van der Waals surface area (Å²) in [6.45, 7) is 4.61. The smallest absolute Gasteiger partial charge is 0.317 e. The molecule has 4 nitrogen and oxygen atoms in total. The maximum Gasteiger partial charge on any atom is 0.317 e. The number of rotatable bonds is 6. The fourth-order valence-corrected chi connectivity index (χ4v) is 1.74. The summed E-state index contributed by atoms with van der Waals surface area (Å²) in [7, 11) is 0. The summed E-state index contributed by atoms with van der Waals surface area (Å²) >= 11 is 0. The Hall–Kier alpha value is -0.610. The molecule has 1 atom stereocenters. The number of nitrogens with zero attached hydrogens (tertiary/aromatic N) is 1. The first-order chi connectivity index (χ1) is 6.72. The lowest BCUT2D eigenvalue weighted by Crippen LogP contribution is -2.32. The highest BCUT2D eigenvalue weighted by molar-refractivity contribution is 5.69. The van der Waals surface area contributed by atoms with E-state index in [4.69, 9.17) is 9.84 Å². The Morgan fingerprint density at radius 1 is 1.64 bits per heavy atom. The fourth-order valence-electron chi connectivity index (χ4n) is 1.74. The highest BCUT2D eigenvalue weighted by Crippen LogP contribution is 2.15. The lowest BCUT2D eigenvalue weighted by atomic mass is 10.2. The summed E-state index contributed by atoms with van der Waals surface area (Å²) in [4.78, 5) is 12.4. The molecule has 0 aromatic rings. The summed E-state index contributed by atoms with van der Waals surface area (Å²) in [6.07, 6.45) is 3.60. The standard InChI is InChI=1S/C10H19NO3/c1-2-11(8-10(12)13)6-5-9-4-3-7-14-9/h9H,2-8H2,1H3,(H,12,13). The van der Waals surface area contributed by atoms with Gasteiger partial charge in [-0.05, 0) is 25.8 Å². The van der Waals surface area contributed by atoms with Gasteiger partial charge < -0.3 is 9.84 Å². The topological polar surface area (TPSA) is 49.8 Å². The molecule has 82 valence electrons. The van der Waals surface area contributed by atoms with Crippen molar-refractivity contribution in [2.24, 2.45) is 0 Å². The minimum Gasteiger partial charge on any atom is -0.480 e. The SMILES string of the molecule is CCN(CCC1CCCO1)CC(=O)O. The Bertz CT molecular complexity index is 178. The maximum absolute atomic E-state index is 10.5. The number of hydrogen-bond acceptors (Lipinski definition) is 3. The van der Waals surface area contributed by atoms with E-state index in [0.717, 1.165) is 39.0 Å². The van der Waals surface area contributed by atoms with Gasteiger partial charge in [0.15, 0.2) is 0 Å². The van der Waals surface area contributed by atoms with E-state index in [-0.39, 0.29) is 6.54 Å². The number of carbonyl (C=O) groups is 1. The van der Waals surface area contributed by atoms with Crippen molar-refractivity contribution in [3.05, 3.63) is 0 Å². The Kier molecular flexibility index (Phi) is 4.90. The third-order valence-electron chi connectivity index (χ3n) is 2.60. The van der Waals surface area contributed by atoms with E-state index < -0.39 is 5.97 Å². The van der Waals surface area contributed by atoms with E-state index >= 15 is 0 Å². The number of aliphatic carboxylic acids is 1. The van der Waals surface area contributed by atoms with Crippen molar-refractivity contribution in [2.45, 2.75) is 32.3 Å². The van der Waals surface area contributed by atoms with Crippen molar-refractivity contribution >= 4 is 5.97 Å². The van der Waals surface area contributed by atoms with Gasteiger partial charge in [-0.25, -0.2) is 0 Å². The first-order valence-electron chi connectivity index (χ1n) is 5.28. The van der Waals surface area contributed by atoms with Crippen LogP contribution in [0.1, 0.15) is 26.2 Å². The van der Waals surface area contributed by atoms with Crippen molar-refractivity contribution in [3.63, 3.8) is 0 Å². The predicted octanol–water partition coefficient (Wildman–Crippen LogP) is 0.962. The van der Waals surface area contributed by atoms with Gasteiger partial charge in [-0.2, -0.15) is 0 Å². The molecule has 0 saturated carbocycles. The van der Waals surface area contributed by atoms with Gasteiger partial charge in [0.25, 0.3) is 0 Å². The molecule has 0 bridgehead atoms. The lowest BCUT2D eigenvalue weighted by molar-refractivity contribution is -0.138. The van der Waals surface area contributed by atoms with Gasteiger partial charge in [-0.3, -0.25) is 9.69 Å². The molecule has 1 rings (SSSR count). The Morgan fingerprint density at radius 2 is 2.43 bits per heavy atom. The molecule has 0 aromatic heterocycles. The number of hydrogen-bond donors (Lipinski definition) is 1. The molecule has 1 saturated heterocycles. The van der Waals surface area contributed by atoms with Crippen molar-refractivity contribution < 1.29 is 14.6 Å². The number of carboxylic acid groups (broad SMARTS) is 1. The van der Waals surface area contributed by atoms with Crippen LogP contribution in [0.3, 0.4) is 0 Å². The molecule has 1 unspecified atom stereocenters. The quantitative estimate of drug-likeness (QED) is 0.695. The van der Waals surface area contributed by atoms with Crippen LogP contribution in [0.4, 0.5) is 0 Å². The van der Waals surface area contributed by atoms with E-state index in [1.54, 1.807) is 0 Å². The van der Waals surface area contributed by atoms with Crippen molar-refractivity contribution in [3.8, 4) is 0 Å². The van der Waals surface area contributed by atoms with Crippen molar-refractivity contribution in [2.75, 3.05) is 26.2 Å². The van der Waals surface area contributed by atoms with Crippen LogP contribution in [0.5, 0.6) is 0 Å². The molecule has 1 heterocycles. The summed E-state index contributed by atoms with van der Waals surface area (Å²) in [5.74, 6) is -0.751. The van der Waals surface area contributed by atoms with E-state index in [2.05, 4.69) is 0 Å². The van der Waals surface area contributed by atoms with Crippen LogP contribution in [-0.2, 0) is 9.53 Å². The minimum absolute atomic E-state index is 0.142. The van der Waals surface area contributed by atoms with Crippen LogP contribution in [0.15, 0.2) is 0 Å². The van der Waals surface area contributed by atoms with E-state index in [1.165, 1.54) is 0 Å². The lowest BCUT2D eigenvalue weighted by Gasteiger charge is -2.19. The second-order valence-electron chi connectivity index (χ2n) is 3.69. The average molecular weight is 201 g/mol. The molecular formula is C10H19NO3. The van der Waals surface area contributed by atoms with Crippen LogP contribution in [0.2, 0.25) is 0 Å². The molecular weight excluding hydrogens is 182 g/mol. The Balaban J connectivity index is 2.15. The van der Waals surface area contributed by atoms with Gasteiger partial charge in [-0.1, -0.05) is 6.92 Å². The molecule has 0 spiro atoms. The molecule has 0 aliphatic carbocycles. The van der Waals surface area contributed by atoms with Crippen LogP contribution in [0.25, 0.3) is 0 Å². The van der Waals surface area contributed by atoms with Crippen LogP contribution >= 0.6 is 0 Å². The molecule has 0 radical (unpaired) electrons. The highest BCUT2D eigenvalue weighted by atomic mass is 16.5. The van der Waals surface area contributed by atoms with Gasteiger partial charge in [0.05, 0.1) is 12.6 Å². The predicted molar refractivity (Wildman–Crippen MR) is 53.3 cm³/mol. The van der Waals surface area contributed by atoms with Crippen LogP contribution in [-0.4, -0.2) is 48.3 Å². The molecule has 0 aromatic carbocycles. The van der Waals surface area contributed by atoms with Gasteiger partial charge in [0, 0.05) is 13.2 Å². The second kappa shape index (κ2) is 5.98. The summed E-state index contributed by atoms with van der Waals surface area (Å²) in [5.41, 5.74) is 0. The zero-order valence-corrected chi connectivity index (χ0v) is 8.74. The van der Waals surface area contributed by atoms with Crippen molar-refractivity contribution in [1.82, 2.24) is 4.90 Å². The van der Waals surface area contributed by atoms with E-state index in [0.29, 0.717) is 6.10 Å². The number of ether oxygens (including phenoxy) is 1. The molecule has 1 aliphatic heterocycles. The monoisotopic (exact) mass is 201 g/mol. The average Bonchev–Trinajstić information content (AvgIpc) is 2.64. The Morgan fingerprint density at radius 3 is 2.93 bits per heavy atom. The first-order valence-corrected chi connectivity index (χ1v) is 5.28. The largest absolute Gasteiger partial charge is 0.480 e. The summed E-state index contributed by atoms with van der Waals surface area (Å²) in [5, 5.41) is 8.63. The van der Waals surface area contributed by atoms with Gasteiger partial charge in [0.1, 0.15) is 0 Å². The van der Waals surface area contributed by atoms with Gasteiger partial charge in [0.2, 0.25) is 0 Å². The summed E-state index contributed by atoms with van der Waals surface area (Å²) in [6, 6.07) is 0. The normalized spacial score (nSPS) is 21.7. The van der Waals surface area contributed by atoms with E-state index in [9.17, 15) is 4.79 Å². The molecule has 1 N–H and O–H groups in total. The third kappa shape index (κ3) is 4.07. The molecule has 1 fully saturated rings. The highest BCUT2D eigenvalue weighted by Gasteiger charge is 2.16. The third-order valence-corrected chi connectivity index (χ3v) is 2.60. The second-order valence-corrected chi connectivity index (χ2v) is 3.69. The molecule has 4 heteroatoms. The summed E-state index contributed by atoms with van der Waals surface area (Å²) < 4.78 is 5.48. The van der Waals surface area contributed by atoms with E-state index in [1.807, 2.05) is 11.8 Å². The zero-order chi connectivity index (χ0) is 10.4. The number of likely N-dealkylation sites (N-methyl/N-ethyl adjacent to an activating group) is 1. The van der Waals surface area contributed by atoms with Crippen LogP contribution < -0.4 is 0 Å². The zero-order valence-electron chi connectivity index (χ0n) is 8.74. The minimum atomic E-state index is -0.751. The number of carboxylic acids is 1. The molecule has 14 heavy (non-hydrogen) atoms.